The Morgan fingerprint density at radius 3 is 2.84 bits per heavy atom. The molecule has 0 aromatic carbocycles. The molecular weight excluding hydrogens is 348 g/mol. The van der Waals surface area contributed by atoms with Crippen molar-refractivity contribution >= 4 is 35.5 Å². The summed E-state index contributed by atoms with van der Waals surface area (Å²) in [5.41, 5.74) is 0.498. The number of thiophene rings is 1. The monoisotopic (exact) mass is 364 g/mol. The third-order valence-corrected chi connectivity index (χ3v) is 4.77. The molecule has 0 aliphatic carbocycles. The van der Waals surface area contributed by atoms with Crippen LogP contribution in [0.15, 0.2) is 11.4 Å². The second kappa shape index (κ2) is 8.25. The number of amides is 3. The Labute approximate surface area is 147 Å². The van der Waals surface area contributed by atoms with Gasteiger partial charge in [-0.1, -0.05) is 0 Å². The van der Waals surface area contributed by atoms with Crippen LogP contribution < -0.4 is 10.6 Å². The largest absolute Gasteiger partial charge is 0.481 e. The summed E-state index contributed by atoms with van der Waals surface area (Å²) in [6.45, 7) is -0.186. The summed E-state index contributed by atoms with van der Waals surface area (Å²) < 4.78 is 0. The van der Waals surface area contributed by atoms with Gasteiger partial charge in [-0.2, -0.15) is 5.26 Å². The molecule has 1 unspecified atom stereocenters. The molecule has 3 N–H and O–H groups in total. The summed E-state index contributed by atoms with van der Waals surface area (Å²) in [5, 5.41) is 24.5. The van der Waals surface area contributed by atoms with Crippen LogP contribution in [0.25, 0.3) is 0 Å². The first-order valence-electron chi connectivity index (χ1n) is 7.40. The van der Waals surface area contributed by atoms with Gasteiger partial charge in [0, 0.05) is 16.8 Å². The lowest BCUT2D eigenvalue weighted by atomic mass is 10.1. The molecule has 0 spiro atoms. The van der Waals surface area contributed by atoms with Gasteiger partial charge in [0.05, 0.1) is 24.6 Å². The van der Waals surface area contributed by atoms with E-state index in [0.29, 0.717) is 12.0 Å². The molecule has 0 saturated carbocycles. The molecule has 1 saturated heterocycles. The summed E-state index contributed by atoms with van der Waals surface area (Å²) in [6, 6.07) is 2.74. The predicted molar refractivity (Wildman–Crippen MR) is 86.2 cm³/mol. The fourth-order valence-corrected chi connectivity index (χ4v) is 3.34. The Kier molecular flexibility index (Phi) is 6.08. The summed E-state index contributed by atoms with van der Waals surface area (Å²) in [4.78, 5) is 48.0. The first-order chi connectivity index (χ1) is 12.0. The molecule has 2 rings (SSSR count). The minimum absolute atomic E-state index is 0.0158. The summed E-state index contributed by atoms with van der Waals surface area (Å²) in [7, 11) is 0. The minimum Gasteiger partial charge on any atom is -0.481 e. The van der Waals surface area contributed by atoms with Crippen molar-refractivity contribution in [2.75, 3.05) is 13.1 Å². The van der Waals surface area contributed by atoms with Crippen molar-refractivity contribution < 1.29 is 24.3 Å². The SMILES string of the molecule is N#Cc1csc(CNC(=O)[C@@H]2CC(C(=O)O)CN2C(=O)CNC=O)c1. The Morgan fingerprint density at radius 2 is 2.24 bits per heavy atom. The van der Waals surface area contributed by atoms with Crippen molar-refractivity contribution in [2.45, 2.75) is 19.0 Å². The van der Waals surface area contributed by atoms with E-state index in [1.54, 1.807) is 11.4 Å². The van der Waals surface area contributed by atoms with Crippen LogP contribution in [-0.2, 0) is 25.7 Å². The van der Waals surface area contributed by atoms with Crippen molar-refractivity contribution in [3.05, 3.63) is 21.9 Å². The molecule has 0 bridgehead atoms. The second-order valence-corrected chi connectivity index (χ2v) is 6.46. The van der Waals surface area contributed by atoms with Crippen LogP contribution in [0, 0.1) is 17.2 Å². The van der Waals surface area contributed by atoms with Crippen molar-refractivity contribution in [1.82, 2.24) is 15.5 Å². The normalized spacial score (nSPS) is 19.1. The maximum absolute atomic E-state index is 12.4. The molecule has 2 heterocycles. The Hall–Kier alpha value is -2.93. The topological polar surface area (TPSA) is 140 Å². The first-order valence-corrected chi connectivity index (χ1v) is 8.28. The Balaban J connectivity index is 2.02. The zero-order chi connectivity index (χ0) is 18.4. The van der Waals surface area contributed by atoms with Gasteiger partial charge in [-0.05, 0) is 12.5 Å². The van der Waals surface area contributed by atoms with E-state index < -0.39 is 29.7 Å². The fraction of sp³-hybridized carbons (Fsp3) is 0.400. The molecule has 9 nitrogen and oxygen atoms in total. The highest BCUT2D eigenvalue weighted by atomic mass is 32.1. The lowest BCUT2D eigenvalue weighted by molar-refractivity contribution is -0.141. The van der Waals surface area contributed by atoms with Gasteiger partial charge in [0.25, 0.3) is 0 Å². The molecule has 1 aromatic rings. The summed E-state index contributed by atoms with van der Waals surface area (Å²) in [6.07, 6.45) is 0.378. The number of hydrogen-bond acceptors (Lipinski definition) is 6. The number of aliphatic carboxylic acids is 1. The number of rotatable bonds is 7. The van der Waals surface area contributed by atoms with Gasteiger partial charge in [0.15, 0.2) is 0 Å². The van der Waals surface area contributed by atoms with Crippen LogP contribution >= 0.6 is 11.3 Å². The lowest BCUT2D eigenvalue weighted by Gasteiger charge is -2.23. The van der Waals surface area contributed by atoms with Gasteiger partial charge in [-0.15, -0.1) is 11.3 Å². The predicted octanol–water partition coefficient (Wildman–Crippen LogP) is -0.716. The number of nitrogens with one attached hydrogen (secondary N) is 2. The zero-order valence-corrected chi connectivity index (χ0v) is 13.9. The van der Waals surface area contributed by atoms with E-state index in [0.717, 1.165) is 4.88 Å². The minimum atomic E-state index is -1.08. The highest BCUT2D eigenvalue weighted by Crippen LogP contribution is 2.24. The maximum atomic E-state index is 12.4. The van der Waals surface area contributed by atoms with Gasteiger partial charge in [-0.25, -0.2) is 0 Å². The molecular formula is C15H16N4O5S. The highest BCUT2D eigenvalue weighted by molar-refractivity contribution is 7.10. The van der Waals surface area contributed by atoms with E-state index in [1.807, 2.05) is 6.07 Å². The van der Waals surface area contributed by atoms with E-state index in [9.17, 15) is 19.2 Å². The standard InChI is InChI=1S/C15H16N4O5S/c16-3-9-1-11(25-7-9)4-18-14(22)12-2-10(15(23)24)6-19(12)13(21)5-17-8-20/h1,7-8,10,12H,2,4-6H2,(H,17,20)(H,18,22)(H,23,24)/t10?,12-/m0/s1. The number of carboxylic acids is 1. The van der Waals surface area contributed by atoms with E-state index >= 15 is 0 Å². The molecule has 10 heteroatoms. The van der Waals surface area contributed by atoms with Crippen LogP contribution in [0.1, 0.15) is 16.9 Å². The third-order valence-electron chi connectivity index (χ3n) is 3.83. The molecule has 2 atom stereocenters. The smallest absolute Gasteiger partial charge is 0.308 e. The lowest BCUT2D eigenvalue weighted by Crippen LogP contribution is -2.48. The second-order valence-electron chi connectivity index (χ2n) is 5.46. The molecule has 25 heavy (non-hydrogen) atoms. The number of carbonyl (C=O) groups excluding carboxylic acids is 3. The Morgan fingerprint density at radius 1 is 1.48 bits per heavy atom. The average molecular weight is 364 g/mol. The van der Waals surface area contributed by atoms with Gasteiger partial charge in [0.1, 0.15) is 12.1 Å². The van der Waals surface area contributed by atoms with Crippen LogP contribution in [-0.4, -0.2) is 53.3 Å². The van der Waals surface area contributed by atoms with Crippen LogP contribution in [0.5, 0.6) is 0 Å². The number of carbonyl (C=O) groups is 4. The number of nitrogens with zero attached hydrogens (tertiary/aromatic N) is 2. The van der Waals surface area contributed by atoms with E-state index in [1.165, 1.54) is 16.2 Å². The zero-order valence-electron chi connectivity index (χ0n) is 13.1. The van der Waals surface area contributed by atoms with Crippen LogP contribution in [0.4, 0.5) is 0 Å². The summed E-state index contributed by atoms with van der Waals surface area (Å²) in [5.74, 6) is -2.88. The van der Waals surface area contributed by atoms with Gasteiger partial charge in [-0.3, -0.25) is 19.2 Å². The molecule has 3 amide bonds. The van der Waals surface area contributed by atoms with E-state index in [4.69, 9.17) is 10.4 Å². The summed E-state index contributed by atoms with van der Waals surface area (Å²) >= 11 is 1.32. The van der Waals surface area contributed by atoms with Crippen LogP contribution in [0.2, 0.25) is 0 Å². The van der Waals surface area contributed by atoms with Crippen molar-refractivity contribution in [3.63, 3.8) is 0 Å². The first kappa shape index (κ1) is 18.4. The molecule has 1 fully saturated rings. The highest BCUT2D eigenvalue weighted by Gasteiger charge is 2.42. The average Bonchev–Trinajstić information content (AvgIpc) is 3.24. The van der Waals surface area contributed by atoms with Crippen molar-refractivity contribution in [1.29, 1.82) is 5.26 Å². The van der Waals surface area contributed by atoms with Crippen LogP contribution in [0.3, 0.4) is 0 Å². The molecule has 132 valence electrons. The maximum Gasteiger partial charge on any atom is 0.308 e. The Bertz CT molecular complexity index is 726. The number of carboxylic acid groups (broad SMARTS) is 1. The van der Waals surface area contributed by atoms with Gasteiger partial charge < -0.3 is 20.6 Å². The number of hydrogen-bond donors (Lipinski definition) is 3. The van der Waals surface area contributed by atoms with Crippen molar-refractivity contribution in [3.8, 4) is 6.07 Å². The van der Waals surface area contributed by atoms with Crippen molar-refractivity contribution in [2.24, 2.45) is 5.92 Å². The molecule has 1 aliphatic rings. The fourth-order valence-electron chi connectivity index (χ4n) is 2.59. The van der Waals surface area contributed by atoms with Gasteiger partial charge >= 0.3 is 5.97 Å². The number of likely N-dealkylation sites (tertiary alicyclic amines) is 1. The number of nitriles is 1. The molecule has 0 radical (unpaired) electrons. The van der Waals surface area contributed by atoms with E-state index in [-0.39, 0.29) is 26.1 Å². The molecule has 1 aliphatic heterocycles. The third kappa shape index (κ3) is 4.54. The molecule has 1 aromatic heterocycles. The quantitative estimate of drug-likeness (QED) is 0.546. The van der Waals surface area contributed by atoms with E-state index in [2.05, 4.69) is 10.6 Å². The van der Waals surface area contributed by atoms with Gasteiger partial charge in [0.2, 0.25) is 18.2 Å².